The number of carbonyl (C=O) groups excluding carboxylic acids is 3. The highest BCUT2D eigenvalue weighted by atomic mass is 16.7. The van der Waals surface area contributed by atoms with Crippen LogP contribution in [0.1, 0.15) is 66.6 Å². The van der Waals surface area contributed by atoms with Gasteiger partial charge >= 0.3 is 17.9 Å². The number of fused-ring (bicyclic) bond motifs is 1. The topological polar surface area (TPSA) is 127 Å². The molecule has 0 spiro atoms. The minimum absolute atomic E-state index is 0.00204. The van der Waals surface area contributed by atoms with Crippen LogP contribution in [0.2, 0.25) is 0 Å². The summed E-state index contributed by atoms with van der Waals surface area (Å²) in [7, 11) is 1.45. The third-order valence-corrected chi connectivity index (χ3v) is 6.23. The summed E-state index contributed by atoms with van der Waals surface area (Å²) < 4.78 is 32.8. The van der Waals surface area contributed by atoms with Gasteiger partial charge in [-0.15, -0.1) is 0 Å². The van der Waals surface area contributed by atoms with Crippen LogP contribution in [0.5, 0.6) is 17.2 Å². The van der Waals surface area contributed by atoms with Crippen molar-refractivity contribution in [3.63, 3.8) is 0 Å². The first-order valence-corrected chi connectivity index (χ1v) is 11.8. The Morgan fingerprint density at radius 3 is 2.39 bits per heavy atom. The van der Waals surface area contributed by atoms with Crippen molar-refractivity contribution >= 4 is 17.9 Å². The van der Waals surface area contributed by atoms with E-state index in [0.717, 1.165) is 0 Å². The van der Waals surface area contributed by atoms with Crippen molar-refractivity contribution in [2.24, 2.45) is 5.92 Å². The molecule has 10 nitrogen and oxygen atoms in total. The SMILES string of the molecule is CC=C(C)C(=O)OC(c1cc(OC)c2c(c1)OCO2)C(C)OC(=O)C(C)(O)C(C)OC(=O)C(C)CC. The first-order chi connectivity index (χ1) is 16.9. The lowest BCUT2D eigenvalue weighted by molar-refractivity contribution is -0.194. The molecule has 0 radical (unpaired) electrons. The normalized spacial score (nSPS) is 17.8. The van der Waals surface area contributed by atoms with Gasteiger partial charge in [-0.05, 0) is 53.2 Å². The molecule has 0 saturated heterocycles. The standard InChI is InChI=1S/C26H36O10/c1-9-14(3)23(27)35-17(6)26(7,30)25(29)34-16(5)21(36-24(28)15(4)10-2)18-11-19(31-8)22-20(12-18)32-13-33-22/h10-12,14,16-17,21,30H,9,13H2,1-8H3. The van der Waals surface area contributed by atoms with Gasteiger partial charge in [-0.3, -0.25) is 4.79 Å². The van der Waals surface area contributed by atoms with E-state index in [2.05, 4.69) is 0 Å². The molecule has 200 valence electrons. The number of methoxy groups -OCH3 is 1. The number of rotatable bonds is 11. The Labute approximate surface area is 211 Å². The number of aliphatic hydroxyl groups is 1. The number of carbonyl (C=O) groups is 3. The molecule has 1 aliphatic rings. The molecule has 1 aromatic rings. The van der Waals surface area contributed by atoms with E-state index in [0.29, 0.717) is 34.8 Å². The van der Waals surface area contributed by atoms with Crippen LogP contribution < -0.4 is 14.2 Å². The molecule has 0 aromatic heterocycles. The highest BCUT2D eigenvalue weighted by Crippen LogP contribution is 2.44. The van der Waals surface area contributed by atoms with Crippen molar-refractivity contribution in [1.82, 2.24) is 0 Å². The number of hydrogen-bond donors (Lipinski definition) is 1. The third kappa shape index (κ3) is 6.48. The third-order valence-electron chi connectivity index (χ3n) is 6.23. The van der Waals surface area contributed by atoms with Crippen molar-refractivity contribution in [3.05, 3.63) is 29.3 Å². The zero-order chi connectivity index (χ0) is 27.2. The summed E-state index contributed by atoms with van der Waals surface area (Å²) in [6.45, 7) is 10.9. The molecule has 2 rings (SSSR count). The number of ether oxygens (including phenoxy) is 6. The molecule has 1 heterocycles. The van der Waals surface area contributed by atoms with Crippen LogP contribution in [0, 0.1) is 5.92 Å². The second-order valence-electron chi connectivity index (χ2n) is 8.90. The lowest BCUT2D eigenvalue weighted by atomic mass is 9.99. The molecule has 5 atom stereocenters. The highest BCUT2D eigenvalue weighted by Gasteiger charge is 2.43. The summed E-state index contributed by atoms with van der Waals surface area (Å²) in [5.41, 5.74) is -1.38. The first-order valence-electron chi connectivity index (χ1n) is 11.8. The summed E-state index contributed by atoms with van der Waals surface area (Å²) in [4.78, 5) is 37.8. The summed E-state index contributed by atoms with van der Waals surface area (Å²) in [6, 6.07) is 3.20. The zero-order valence-corrected chi connectivity index (χ0v) is 22.1. The summed E-state index contributed by atoms with van der Waals surface area (Å²) in [5.74, 6) is -1.46. The maximum Gasteiger partial charge on any atom is 0.342 e. The van der Waals surface area contributed by atoms with Crippen LogP contribution in [0.25, 0.3) is 0 Å². The van der Waals surface area contributed by atoms with Gasteiger partial charge in [0.25, 0.3) is 0 Å². The van der Waals surface area contributed by atoms with Crippen molar-refractivity contribution in [2.45, 2.75) is 78.8 Å². The number of allylic oxidation sites excluding steroid dienone is 1. The fourth-order valence-corrected chi connectivity index (χ4v) is 3.16. The monoisotopic (exact) mass is 508 g/mol. The van der Waals surface area contributed by atoms with Gasteiger partial charge in [0, 0.05) is 11.1 Å². The molecule has 0 bridgehead atoms. The van der Waals surface area contributed by atoms with Crippen molar-refractivity contribution in [2.75, 3.05) is 13.9 Å². The summed E-state index contributed by atoms with van der Waals surface area (Å²) in [6.07, 6.45) is -1.19. The lowest BCUT2D eigenvalue weighted by Gasteiger charge is -2.31. The Balaban J connectivity index is 2.32. The van der Waals surface area contributed by atoms with Crippen LogP contribution in [0.3, 0.4) is 0 Å². The van der Waals surface area contributed by atoms with Gasteiger partial charge in [-0.2, -0.15) is 0 Å². The molecule has 0 amide bonds. The van der Waals surface area contributed by atoms with Crippen molar-refractivity contribution < 1.29 is 47.9 Å². The van der Waals surface area contributed by atoms with Crippen LogP contribution in [0.4, 0.5) is 0 Å². The molecule has 0 saturated carbocycles. The van der Waals surface area contributed by atoms with Crippen LogP contribution in [-0.4, -0.2) is 54.7 Å². The van der Waals surface area contributed by atoms with E-state index in [4.69, 9.17) is 28.4 Å². The van der Waals surface area contributed by atoms with E-state index in [1.54, 1.807) is 39.0 Å². The molecular weight excluding hydrogens is 472 g/mol. The second kappa shape index (κ2) is 12.1. The molecule has 10 heteroatoms. The Morgan fingerprint density at radius 1 is 1.14 bits per heavy atom. The average molecular weight is 509 g/mol. The predicted molar refractivity (Wildman–Crippen MR) is 129 cm³/mol. The van der Waals surface area contributed by atoms with E-state index < -0.39 is 47.7 Å². The van der Waals surface area contributed by atoms with Gasteiger partial charge in [-0.25, -0.2) is 9.59 Å². The van der Waals surface area contributed by atoms with Crippen LogP contribution >= 0.6 is 0 Å². The first kappa shape index (κ1) is 29.0. The van der Waals surface area contributed by atoms with Gasteiger partial charge in [0.05, 0.1) is 13.0 Å². The quantitative estimate of drug-likeness (QED) is 0.269. The highest BCUT2D eigenvalue weighted by molar-refractivity contribution is 5.88. The van der Waals surface area contributed by atoms with Gasteiger partial charge in [-0.1, -0.05) is 19.9 Å². The van der Waals surface area contributed by atoms with E-state index in [1.807, 2.05) is 6.92 Å². The molecule has 1 aromatic carbocycles. The smallest absolute Gasteiger partial charge is 0.342 e. The van der Waals surface area contributed by atoms with Crippen molar-refractivity contribution in [1.29, 1.82) is 0 Å². The van der Waals surface area contributed by atoms with Gasteiger partial charge in [0.2, 0.25) is 12.5 Å². The van der Waals surface area contributed by atoms with E-state index in [9.17, 15) is 19.5 Å². The minimum atomic E-state index is -2.16. The second-order valence-corrected chi connectivity index (χ2v) is 8.90. The fraction of sp³-hybridized carbons (Fsp3) is 0.577. The number of hydrogen-bond acceptors (Lipinski definition) is 10. The molecule has 1 N–H and O–H groups in total. The summed E-state index contributed by atoms with van der Waals surface area (Å²) in [5, 5.41) is 10.8. The number of benzene rings is 1. The zero-order valence-electron chi connectivity index (χ0n) is 22.1. The number of esters is 3. The van der Waals surface area contributed by atoms with E-state index >= 15 is 0 Å². The van der Waals surface area contributed by atoms with Gasteiger partial charge < -0.3 is 33.5 Å². The maximum absolute atomic E-state index is 13.0. The summed E-state index contributed by atoms with van der Waals surface area (Å²) >= 11 is 0. The minimum Gasteiger partial charge on any atom is -0.493 e. The van der Waals surface area contributed by atoms with Gasteiger partial charge in [0.15, 0.2) is 23.2 Å². The van der Waals surface area contributed by atoms with Gasteiger partial charge in [0.1, 0.15) is 12.2 Å². The molecular formula is C26H36O10. The van der Waals surface area contributed by atoms with Crippen LogP contribution in [0.15, 0.2) is 23.8 Å². The Hall–Kier alpha value is -3.27. The Morgan fingerprint density at radius 2 is 1.81 bits per heavy atom. The van der Waals surface area contributed by atoms with Crippen LogP contribution in [-0.2, 0) is 28.6 Å². The Kier molecular flexibility index (Phi) is 9.75. The molecule has 5 unspecified atom stereocenters. The molecule has 36 heavy (non-hydrogen) atoms. The van der Waals surface area contributed by atoms with E-state index in [-0.39, 0.29) is 6.79 Å². The molecule has 0 fully saturated rings. The predicted octanol–water partition coefficient (Wildman–Crippen LogP) is 3.63. The Bertz CT molecular complexity index is 997. The van der Waals surface area contributed by atoms with E-state index in [1.165, 1.54) is 27.9 Å². The maximum atomic E-state index is 13.0. The molecule has 0 aliphatic carbocycles. The fourth-order valence-electron chi connectivity index (χ4n) is 3.16. The average Bonchev–Trinajstić information content (AvgIpc) is 3.33. The largest absolute Gasteiger partial charge is 0.493 e. The van der Waals surface area contributed by atoms with Crippen molar-refractivity contribution in [3.8, 4) is 17.2 Å². The lowest BCUT2D eigenvalue weighted by Crippen LogP contribution is -2.50. The molecule has 1 aliphatic heterocycles.